The summed E-state index contributed by atoms with van der Waals surface area (Å²) < 4.78 is 12.1. The van der Waals surface area contributed by atoms with E-state index in [1.165, 1.54) is 30.1 Å². The molecule has 0 spiro atoms. The minimum Gasteiger partial charge on any atom is -0.454 e. The van der Waals surface area contributed by atoms with Crippen molar-refractivity contribution in [2.45, 2.75) is 5.16 Å². The van der Waals surface area contributed by atoms with Gasteiger partial charge in [-0.1, -0.05) is 42.1 Å². The summed E-state index contributed by atoms with van der Waals surface area (Å²) in [5.74, 6) is 1.33. The molecule has 1 aliphatic heterocycles. The number of rotatable bonds is 5. The second-order valence-electron chi connectivity index (χ2n) is 5.45. The van der Waals surface area contributed by atoms with E-state index < -0.39 is 4.92 Å². The van der Waals surface area contributed by atoms with Gasteiger partial charge in [0.25, 0.3) is 5.69 Å². The number of nitrogens with zero attached hydrogens (tertiary/aromatic N) is 5. The van der Waals surface area contributed by atoms with Crippen LogP contribution in [0.5, 0.6) is 11.5 Å². The van der Waals surface area contributed by atoms with E-state index in [0.29, 0.717) is 28.0 Å². The summed E-state index contributed by atoms with van der Waals surface area (Å²) in [4.78, 5) is 10.9. The van der Waals surface area contributed by atoms with Gasteiger partial charge in [-0.25, -0.2) is 0 Å². The van der Waals surface area contributed by atoms with E-state index in [4.69, 9.17) is 9.47 Å². The van der Waals surface area contributed by atoms with E-state index in [0.717, 1.165) is 5.56 Å². The van der Waals surface area contributed by atoms with Crippen LogP contribution in [0.3, 0.4) is 0 Å². The van der Waals surface area contributed by atoms with Crippen LogP contribution in [0.1, 0.15) is 5.56 Å². The second-order valence-corrected chi connectivity index (χ2v) is 6.23. The van der Waals surface area contributed by atoms with Gasteiger partial charge in [0.05, 0.1) is 22.8 Å². The molecule has 0 saturated heterocycles. The molecule has 4 rings (SSSR count). The van der Waals surface area contributed by atoms with Crippen molar-refractivity contribution in [1.29, 1.82) is 0 Å². The third kappa shape index (κ3) is 3.22. The van der Waals surface area contributed by atoms with Crippen molar-refractivity contribution in [3.63, 3.8) is 0 Å². The number of benzene rings is 2. The van der Waals surface area contributed by atoms with Crippen LogP contribution in [0, 0.1) is 10.1 Å². The number of thioether (sulfide) groups is 1. The maximum atomic E-state index is 11.4. The van der Waals surface area contributed by atoms with Crippen LogP contribution in [0.2, 0.25) is 0 Å². The highest BCUT2D eigenvalue weighted by atomic mass is 32.2. The van der Waals surface area contributed by atoms with Crippen molar-refractivity contribution in [3.8, 4) is 22.9 Å². The van der Waals surface area contributed by atoms with Crippen LogP contribution in [-0.4, -0.2) is 39.1 Å². The van der Waals surface area contributed by atoms with E-state index in [1.54, 1.807) is 4.68 Å². The number of ether oxygens (including phenoxy) is 2. The molecule has 0 N–H and O–H groups in total. The maximum Gasteiger partial charge on any atom is 0.282 e. The van der Waals surface area contributed by atoms with Crippen molar-refractivity contribution in [2.24, 2.45) is 5.10 Å². The first kappa shape index (κ1) is 17.0. The molecule has 0 atom stereocenters. The van der Waals surface area contributed by atoms with E-state index in [2.05, 4.69) is 15.3 Å². The number of hydrogen-bond donors (Lipinski definition) is 0. The highest BCUT2D eigenvalue weighted by Crippen LogP contribution is 2.37. The molecule has 136 valence electrons. The molecular formula is C17H13N5O4S. The van der Waals surface area contributed by atoms with Crippen LogP contribution in [-0.2, 0) is 0 Å². The summed E-state index contributed by atoms with van der Waals surface area (Å²) in [6, 6.07) is 12.3. The first-order chi connectivity index (χ1) is 13.2. The minimum atomic E-state index is -0.483. The minimum absolute atomic E-state index is 0.0350. The average molecular weight is 383 g/mol. The highest BCUT2D eigenvalue weighted by molar-refractivity contribution is 7.98. The zero-order valence-corrected chi connectivity index (χ0v) is 14.9. The van der Waals surface area contributed by atoms with Crippen molar-refractivity contribution in [1.82, 2.24) is 14.9 Å². The van der Waals surface area contributed by atoms with E-state index in [-0.39, 0.29) is 12.5 Å². The Bertz CT molecular complexity index is 1040. The standard InChI is InChI=1S/C17H13N5O4S/c1-27-17-20-19-16(11-5-3-2-4-6-11)21(17)18-9-12-7-14-15(26-10-25-14)8-13(12)22(23)24/h2-9H,10H2,1H3/b18-9-. The van der Waals surface area contributed by atoms with Crippen molar-refractivity contribution in [2.75, 3.05) is 13.0 Å². The van der Waals surface area contributed by atoms with Gasteiger partial charge in [0.15, 0.2) is 17.3 Å². The summed E-state index contributed by atoms with van der Waals surface area (Å²) >= 11 is 1.37. The molecule has 1 aromatic heterocycles. The Labute approximate surface area is 157 Å². The zero-order chi connectivity index (χ0) is 18.8. The van der Waals surface area contributed by atoms with Crippen LogP contribution in [0.15, 0.2) is 52.7 Å². The van der Waals surface area contributed by atoms with Gasteiger partial charge in [-0.05, 0) is 12.3 Å². The summed E-state index contributed by atoms with van der Waals surface area (Å²) in [5.41, 5.74) is 1.01. The lowest BCUT2D eigenvalue weighted by Crippen LogP contribution is -1.99. The van der Waals surface area contributed by atoms with E-state index in [1.807, 2.05) is 36.6 Å². The van der Waals surface area contributed by atoms with Gasteiger partial charge >= 0.3 is 0 Å². The predicted octanol–water partition coefficient (Wildman–Crippen LogP) is 3.19. The molecule has 10 heteroatoms. The quantitative estimate of drug-likeness (QED) is 0.288. The molecule has 1 aliphatic rings. The van der Waals surface area contributed by atoms with E-state index in [9.17, 15) is 10.1 Å². The molecule has 9 nitrogen and oxygen atoms in total. The Balaban J connectivity index is 1.78. The molecule has 2 heterocycles. The van der Waals surface area contributed by atoms with Crippen molar-refractivity contribution in [3.05, 3.63) is 58.1 Å². The van der Waals surface area contributed by atoms with E-state index >= 15 is 0 Å². The molecule has 0 fully saturated rings. The monoisotopic (exact) mass is 383 g/mol. The molecule has 0 bridgehead atoms. The first-order valence-electron chi connectivity index (χ1n) is 7.84. The van der Waals surface area contributed by atoms with Gasteiger partial charge in [0.1, 0.15) is 0 Å². The predicted molar refractivity (Wildman–Crippen MR) is 99.5 cm³/mol. The molecule has 0 saturated carbocycles. The lowest BCUT2D eigenvalue weighted by molar-refractivity contribution is -0.385. The Morgan fingerprint density at radius 1 is 1.22 bits per heavy atom. The fraction of sp³-hybridized carbons (Fsp3) is 0.118. The highest BCUT2D eigenvalue weighted by Gasteiger charge is 2.23. The third-order valence-electron chi connectivity index (χ3n) is 3.86. The topological polar surface area (TPSA) is 105 Å². The van der Waals surface area contributed by atoms with Gasteiger partial charge in [-0.2, -0.15) is 9.78 Å². The normalized spacial score (nSPS) is 12.6. The fourth-order valence-corrected chi connectivity index (χ4v) is 3.02. The lowest BCUT2D eigenvalue weighted by Gasteiger charge is -2.04. The zero-order valence-electron chi connectivity index (χ0n) is 14.1. The molecule has 0 radical (unpaired) electrons. The molecule has 0 aliphatic carbocycles. The molecule has 0 amide bonds. The Morgan fingerprint density at radius 3 is 2.67 bits per heavy atom. The van der Waals surface area contributed by atoms with Crippen LogP contribution < -0.4 is 9.47 Å². The average Bonchev–Trinajstić information content (AvgIpc) is 3.32. The SMILES string of the molecule is CSc1nnc(-c2ccccc2)n1/N=C\c1cc2c(cc1[N+](=O)[O-])OCO2. The van der Waals surface area contributed by atoms with Crippen molar-refractivity contribution < 1.29 is 14.4 Å². The Hall–Kier alpha value is -3.40. The van der Waals surface area contributed by atoms with Gasteiger partial charge in [-0.3, -0.25) is 10.1 Å². The molecular weight excluding hydrogens is 370 g/mol. The van der Waals surface area contributed by atoms with Crippen LogP contribution >= 0.6 is 11.8 Å². The second kappa shape index (κ2) is 7.08. The Morgan fingerprint density at radius 2 is 1.96 bits per heavy atom. The summed E-state index contributed by atoms with van der Waals surface area (Å²) in [7, 11) is 0. The smallest absolute Gasteiger partial charge is 0.282 e. The number of fused-ring (bicyclic) bond motifs is 1. The molecule has 3 aromatic rings. The number of nitro benzene ring substituents is 1. The van der Waals surface area contributed by atoms with Gasteiger partial charge in [-0.15, -0.1) is 10.2 Å². The van der Waals surface area contributed by atoms with Gasteiger partial charge < -0.3 is 9.47 Å². The Kier molecular flexibility index (Phi) is 4.47. The summed E-state index contributed by atoms with van der Waals surface area (Å²) in [6.07, 6.45) is 3.25. The van der Waals surface area contributed by atoms with Crippen molar-refractivity contribution >= 4 is 23.7 Å². The number of hydrogen-bond acceptors (Lipinski definition) is 8. The van der Waals surface area contributed by atoms with Crippen LogP contribution in [0.25, 0.3) is 11.4 Å². The van der Waals surface area contributed by atoms with Gasteiger partial charge in [0, 0.05) is 5.56 Å². The summed E-state index contributed by atoms with van der Waals surface area (Å²) in [5, 5.41) is 24.7. The van der Waals surface area contributed by atoms with Gasteiger partial charge in [0.2, 0.25) is 11.9 Å². The lowest BCUT2D eigenvalue weighted by atomic mass is 10.1. The first-order valence-corrected chi connectivity index (χ1v) is 9.07. The largest absolute Gasteiger partial charge is 0.454 e. The van der Waals surface area contributed by atoms with Crippen LogP contribution in [0.4, 0.5) is 5.69 Å². The molecule has 2 aromatic carbocycles. The number of nitro groups is 1. The molecule has 27 heavy (non-hydrogen) atoms. The number of aromatic nitrogens is 3. The molecule has 0 unspecified atom stereocenters. The maximum absolute atomic E-state index is 11.4. The fourth-order valence-electron chi connectivity index (χ4n) is 2.59. The summed E-state index contributed by atoms with van der Waals surface area (Å²) in [6.45, 7) is 0.0350. The third-order valence-corrected chi connectivity index (χ3v) is 4.48.